The molecule has 0 spiro atoms. The van der Waals surface area contributed by atoms with Crippen molar-refractivity contribution in [1.82, 2.24) is 10.2 Å². The smallest absolute Gasteiger partial charge is 0.233 e. The normalized spacial score (nSPS) is 20.2. The van der Waals surface area contributed by atoms with Crippen molar-refractivity contribution < 1.29 is 14.3 Å². The van der Waals surface area contributed by atoms with Gasteiger partial charge in [-0.2, -0.15) is 5.10 Å². The van der Waals surface area contributed by atoms with Gasteiger partial charge >= 0.3 is 0 Å². The summed E-state index contributed by atoms with van der Waals surface area (Å²) in [6.45, 7) is 9.49. The maximum absolute atomic E-state index is 6.09. The van der Waals surface area contributed by atoms with Gasteiger partial charge in [-0.25, -0.2) is 0 Å². The lowest BCUT2D eigenvalue weighted by molar-refractivity contribution is 0.0665. The molecule has 3 heterocycles. The highest BCUT2D eigenvalue weighted by Crippen LogP contribution is 2.24. The Balaban J connectivity index is 1.36. The summed E-state index contributed by atoms with van der Waals surface area (Å²) < 4.78 is 11.5. The quantitative estimate of drug-likeness (QED) is 0.674. The molecule has 154 valence electrons. The Kier molecular flexibility index (Phi) is 7.65. The van der Waals surface area contributed by atoms with Crippen LogP contribution in [0, 0.1) is 12.8 Å². The van der Waals surface area contributed by atoms with Gasteiger partial charge < -0.3 is 19.2 Å². The lowest BCUT2D eigenvalue weighted by atomic mass is 9.94. The second-order valence-electron chi connectivity index (χ2n) is 7.39. The zero-order valence-electron chi connectivity index (χ0n) is 17.3. The molecule has 0 bridgehead atoms. The molecule has 1 unspecified atom stereocenters. The lowest BCUT2D eigenvalue weighted by Gasteiger charge is -2.32. The minimum absolute atomic E-state index is 0.0640. The van der Waals surface area contributed by atoms with Gasteiger partial charge in [0, 0.05) is 19.7 Å². The first-order chi connectivity index (χ1) is 13.7. The Labute approximate surface area is 167 Å². The van der Waals surface area contributed by atoms with Gasteiger partial charge in [0.25, 0.3) is 0 Å². The Morgan fingerprint density at radius 3 is 2.75 bits per heavy atom. The third kappa shape index (κ3) is 5.92. The van der Waals surface area contributed by atoms with Crippen molar-refractivity contribution in [3.05, 3.63) is 29.7 Å². The van der Waals surface area contributed by atoms with Crippen LogP contribution in [-0.4, -0.2) is 48.5 Å². The first-order valence-electron chi connectivity index (χ1n) is 10.4. The highest BCUT2D eigenvalue weighted by Gasteiger charge is 2.21. The average molecular weight is 389 g/mol. The molecule has 1 saturated heterocycles. The van der Waals surface area contributed by atoms with E-state index in [-0.39, 0.29) is 6.10 Å². The van der Waals surface area contributed by atoms with Gasteiger partial charge in [-0.15, -0.1) is 5.10 Å². The van der Waals surface area contributed by atoms with Crippen LogP contribution >= 0.6 is 0 Å². The molecule has 2 aliphatic heterocycles. The Morgan fingerprint density at radius 2 is 2.07 bits per heavy atom. The molecule has 1 fully saturated rings. The van der Waals surface area contributed by atoms with E-state index in [0.717, 1.165) is 49.8 Å². The monoisotopic (exact) mass is 388 g/mol. The van der Waals surface area contributed by atoms with Crippen LogP contribution in [0.5, 0.6) is 0 Å². The van der Waals surface area contributed by atoms with Gasteiger partial charge in [-0.05, 0) is 68.8 Å². The number of hydrogen-bond donors (Lipinski definition) is 0. The third-order valence-electron chi connectivity index (χ3n) is 5.26. The highest BCUT2D eigenvalue weighted by atomic mass is 16.7. The number of aromatic nitrogens is 2. The molecular formula is C21H32N4O3. The lowest BCUT2D eigenvalue weighted by Crippen LogP contribution is -2.34. The van der Waals surface area contributed by atoms with Crippen molar-refractivity contribution in [3.63, 3.8) is 0 Å². The molecule has 0 N–H and O–H groups in total. The predicted molar refractivity (Wildman–Crippen MR) is 109 cm³/mol. The summed E-state index contributed by atoms with van der Waals surface area (Å²) in [5.74, 6) is 3.16. The SMILES string of the molecule is CCOC1=NO/C(=C/C(CC)OCCC2CCN(c3ccc(C)nn3)CC2)C1. The van der Waals surface area contributed by atoms with Gasteiger partial charge in [0.05, 0.1) is 24.8 Å². The number of ether oxygens (including phenoxy) is 2. The maximum Gasteiger partial charge on any atom is 0.233 e. The molecule has 0 aromatic carbocycles. The van der Waals surface area contributed by atoms with E-state index in [9.17, 15) is 0 Å². The van der Waals surface area contributed by atoms with Crippen molar-refractivity contribution in [3.8, 4) is 0 Å². The summed E-state index contributed by atoms with van der Waals surface area (Å²) in [6, 6.07) is 4.09. The molecule has 3 rings (SSSR count). The van der Waals surface area contributed by atoms with Crippen LogP contribution in [-0.2, 0) is 14.3 Å². The number of hydrogen-bond acceptors (Lipinski definition) is 7. The van der Waals surface area contributed by atoms with Crippen LogP contribution in [0.4, 0.5) is 5.82 Å². The summed E-state index contributed by atoms with van der Waals surface area (Å²) >= 11 is 0. The molecule has 7 heteroatoms. The minimum Gasteiger partial charge on any atom is -0.479 e. The van der Waals surface area contributed by atoms with Crippen molar-refractivity contribution in [2.24, 2.45) is 11.1 Å². The van der Waals surface area contributed by atoms with Gasteiger partial charge in [-0.3, -0.25) is 0 Å². The molecule has 1 aromatic heterocycles. The molecule has 0 saturated carbocycles. The van der Waals surface area contributed by atoms with E-state index in [0.29, 0.717) is 24.8 Å². The summed E-state index contributed by atoms with van der Waals surface area (Å²) in [5, 5.41) is 12.4. The first kappa shape index (κ1) is 20.6. The first-order valence-corrected chi connectivity index (χ1v) is 10.4. The summed E-state index contributed by atoms with van der Waals surface area (Å²) in [6.07, 6.45) is 7.07. The van der Waals surface area contributed by atoms with E-state index in [4.69, 9.17) is 14.3 Å². The highest BCUT2D eigenvalue weighted by molar-refractivity contribution is 5.79. The van der Waals surface area contributed by atoms with Crippen LogP contribution < -0.4 is 4.90 Å². The largest absolute Gasteiger partial charge is 0.479 e. The molecule has 0 amide bonds. The van der Waals surface area contributed by atoms with E-state index in [1.807, 2.05) is 26.0 Å². The zero-order chi connectivity index (χ0) is 19.8. The van der Waals surface area contributed by atoms with Crippen molar-refractivity contribution in [1.29, 1.82) is 0 Å². The number of anilines is 1. The van der Waals surface area contributed by atoms with E-state index in [1.165, 1.54) is 12.8 Å². The molecule has 0 aliphatic carbocycles. The van der Waals surface area contributed by atoms with Crippen molar-refractivity contribution in [2.75, 3.05) is 31.2 Å². The van der Waals surface area contributed by atoms with Crippen LogP contribution in [0.2, 0.25) is 0 Å². The molecule has 0 radical (unpaired) electrons. The number of oxime groups is 1. The summed E-state index contributed by atoms with van der Waals surface area (Å²) in [5.41, 5.74) is 0.958. The number of piperidine rings is 1. The third-order valence-corrected chi connectivity index (χ3v) is 5.26. The van der Waals surface area contributed by atoms with E-state index in [1.54, 1.807) is 0 Å². The average Bonchev–Trinajstić information content (AvgIpc) is 3.16. The second kappa shape index (κ2) is 10.4. The maximum atomic E-state index is 6.09. The van der Waals surface area contributed by atoms with Gasteiger partial charge in [-0.1, -0.05) is 6.92 Å². The number of rotatable bonds is 8. The zero-order valence-corrected chi connectivity index (χ0v) is 17.3. The van der Waals surface area contributed by atoms with Gasteiger partial charge in [0.2, 0.25) is 5.90 Å². The van der Waals surface area contributed by atoms with Crippen molar-refractivity contribution in [2.45, 2.75) is 59.0 Å². The van der Waals surface area contributed by atoms with E-state index >= 15 is 0 Å². The molecule has 2 aliphatic rings. The molecule has 28 heavy (non-hydrogen) atoms. The van der Waals surface area contributed by atoms with Crippen molar-refractivity contribution >= 4 is 11.7 Å². The fourth-order valence-corrected chi connectivity index (χ4v) is 3.55. The standard InChI is InChI=1S/C21H32N4O3/c1-4-18(14-19-15-21(24-28-19)26-5-2)27-13-10-17-8-11-25(12-9-17)20-7-6-16(3)22-23-20/h6-7,14,17-18H,4-5,8-13,15H2,1-3H3/b19-14+. The van der Waals surface area contributed by atoms with Crippen LogP contribution in [0.3, 0.4) is 0 Å². The van der Waals surface area contributed by atoms with Crippen LogP contribution in [0.25, 0.3) is 0 Å². The Bertz CT molecular complexity index is 667. The van der Waals surface area contributed by atoms with Crippen LogP contribution in [0.1, 0.15) is 51.6 Å². The minimum atomic E-state index is 0.0640. The van der Waals surface area contributed by atoms with E-state index in [2.05, 4.69) is 33.2 Å². The predicted octanol–water partition coefficient (Wildman–Crippen LogP) is 3.84. The molecule has 1 atom stereocenters. The Hall–Kier alpha value is -2.15. The summed E-state index contributed by atoms with van der Waals surface area (Å²) in [7, 11) is 0. The topological polar surface area (TPSA) is 69.1 Å². The number of nitrogens with zero attached hydrogens (tertiary/aromatic N) is 4. The Morgan fingerprint density at radius 1 is 1.25 bits per heavy atom. The molecular weight excluding hydrogens is 356 g/mol. The van der Waals surface area contributed by atoms with E-state index < -0.39 is 0 Å². The fourth-order valence-electron chi connectivity index (χ4n) is 3.55. The molecule has 7 nitrogen and oxygen atoms in total. The van der Waals surface area contributed by atoms with Gasteiger partial charge in [0.1, 0.15) is 5.76 Å². The second-order valence-corrected chi connectivity index (χ2v) is 7.39. The summed E-state index contributed by atoms with van der Waals surface area (Å²) in [4.78, 5) is 7.67. The number of aryl methyl sites for hydroxylation is 1. The fraction of sp³-hybridized carbons (Fsp3) is 0.667. The molecule has 1 aromatic rings. The van der Waals surface area contributed by atoms with Gasteiger partial charge in [0.15, 0.2) is 5.82 Å². The van der Waals surface area contributed by atoms with Crippen LogP contribution in [0.15, 0.2) is 29.1 Å².